The van der Waals surface area contributed by atoms with E-state index in [-0.39, 0.29) is 5.75 Å². The number of aromatic nitrogens is 3. The Bertz CT molecular complexity index is 610. The molecule has 0 amide bonds. The Hall–Kier alpha value is -1.24. The first kappa shape index (κ1) is 14.2. The van der Waals surface area contributed by atoms with E-state index >= 15 is 0 Å². The lowest BCUT2D eigenvalue weighted by atomic mass is 10.3. The largest absolute Gasteiger partial charge is 0.481 e. The second-order valence-corrected chi connectivity index (χ2v) is 5.37. The SMILES string of the molecule is Cc1nnc(SCC(=O)O)n1-c1c(Cl)cccc1Cl. The summed E-state index contributed by atoms with van der Waals surface area (Å²) in [6, 6.07) is 5.14. The summed E-state index contributed by atoms with van der Waals surface area (Å²) >= 11 is 13.3. The quantitative estimate of drug-likeness (QED) is 0.878. The zero-order chi connectivity index (χ0) is 14.0. The number of carboxylic acid groups (broad SMARTS) is 1. The van der Waals surface area contributed by atoms with Gasteiger partial charge >= 0.3 is 5.97 Å². The molecule has 0 unspecified atom stereocenters. The van der Waals surface area contributed by atoms with Gasteiger partial charge in [0.15, 0.2) is 5.16 Å². The van der Waals surface area contributed by atoms with Crippen LogP contribution in [0.1, 0.15) is 5.82 Å². The summed E-state index contributed by atoms with van der Waals surface area (Å²) in [4.78, 5) is 10.6. The number of nitrogens with zero attached hydrogens (tertiary/aromatic N) is 3. The molecule has 2 aromatic rings. The number of benzene rings is 1. The minimum atomic E-state index is -0.928. The third-order valence-electron chi connectivity index (χ3n) is 2.28. The van der Waals surface area contributed by atoms with Crippen molar-refractivity contribution in [2.45, 2.75) is 12.1 Å². The Balaban J connectivity index is 2.49. The zero-order valence-electron chi connectivity index (χ0n) is 9.80. The van der Waals surface area contributed by atoms with Gasteiger partial charge < -0.3 is 5.11 Å². The number of carboxylic acids is 1. The summed E-state index contributed by atoms with van der Waals surface area (Å²) in [5.41, 5.74) is 0.557. The second-order valence-electron chi connectivity index (χ2n) is 3.62. The Labute approximate surface area is 123 Å². The highest BCUT2D eigenvalue weighted by Gasteiger charge is 2.17. The standard InChI is InChI=1S/C11H9Cl2N3O2S/c1-6-14-15-11(19-5-9(17)18)16(6)10-7(12)3-2-4-8(10)13/h2-4H,5H2,1H3,(H,17,18). The van der Waals surface area contributed by atoms with Gasteiger partial charge in [-0.15, -0.1) is 10.2 Å². The zero-order valence-corrected chi connectivity index (χ0v) is 12.1. The van der Waals surface area contributed by atoms with Crippen LogP contribution in [0.3, 0.4) is 0 Å². The molecule has 0 radical (unpaired) electrons. The fourth-order valence-corrected chi connectivity index (χ4v) is 2.79. The third kappa shape index (κ3) is 3.02. The fraction of sp³-hybridized carbons (Fsp3) is 0.182. The van der Waals surface area contributed by atoms with Crippen LogP contribution < -0.4 is 0 Å². The van der Waals surface area contributed by atoms with Crippen molar-refractivity contribution in [3.8, 4) is 5.69 Å². The molecule has 100 valence electrons. The van der Waals surface area contributed by atoms with Crippen molar-refractivity contribution in [2.24, 2.45) is 0 Å². The molecule has 2 rings (SSSR count). The first-order valence-corrected chi connectivity index (χ1v) is 6.96. The van der Waals surface area contributed by atoms with E-state index in [0.29, 0.717) is 26.7 Å². The van der Waals surface area contributed by atoms with E-state index in [1.807, 2.05) is 0 Å². The third-order valence-corrected chi connectivity index (χ3v) is 3.80. The molecule has 0 aliphatic carbocycles. The number of thioether (sulfide) groups is 1. The van der Waals surface area contributed by atoms with E-state index in [1.54, 1.807) is 29.7 Å². The summed E-state index contributed by atoms with van der Waals surface area (Å²) in [5.74, 6) is -0.453. The van der Waals surface area contributed by atoms with Crippen molar-refractivity contribution in [2.75, 3.05) is 5.75 Å². The molecule has 5 nitrogen and oxygen atoms in total. The number of carbonyl (C=O) groups is 1. The highest BCUT2D eigenvalue weighted by atomic mass is 35.5. The molecule has 0 saturated carbocycles. The normalized spacial score (nSPS) is 10.7. The van der Waals surface area contributed by atoms with E-state index in [1.165, 1.54) is 0 Å². The summed E-state index contributed by atoms with van der Waals surface area (Å²) in [5, 5.41) is 17.9. The van der Waals surface area contributed by atoms with E-state index < -0.39 is 5.97 Å². The second kappa shape index (κ2) is 5.81. The maximum atomic E-state index is 10.6. The van der Waals surface area contributed by atoms with Gasteiger partial charge in [-0.1, -0.05) is 41.0 Å². The molecule has 1 aromatic carbocycles. The van der Waals surface area contributed by atoms with Crippen LogP contribution in [0.25, 0.3) is 5.69 Å². The number of hydrogen-bond donors (Lipinski definition) is 1. The highest BCUT2D eigenvalue weighted by Crippen LogP contribution is 2.32. The molecule has 1 aromatic heterocycles. The Kier molecular flexibility index (Phi) is 4.34. The van der Waals surface area contributed by atoms with Crippen LogP contribution >= 0.6 is 35.0 Å². The number of rotatable bonds is 4. The minimum absolute atomic E-state index is 0.111. The summed E-state index contributed by atoms with van der Waals surface area (Å²) in [7, 11) is 0. The average Bonchev–Trinajstić information content (AvgIpc) is 2.69. The fourth-order valence-electron chi connectivity index (χ4n) is 1.52. The van der Waals surface area contributed by atoms with Crippen LogP contribution in [0.2, 0.25) is 10.0 Å². The molecule has 0 bridgehead atoms. The van der Waals surface area contributed by atoms with Gasteiger partial charge in [0, 0.05) is 0 Å². The average molecular weight is 318 g/mol. The minimum Gasteiger partial charge on any atom is -0.481 e. The van der Waals surface area contributed by atoms with E-state index in [0.717, 1.165) is 11.8 Å². The van der Waals surface area contributed by atoms with Gasteiger partial charge in [0.2, 0.25) is 0 Å². The van der Waals surface area contributed by atoms with Crippen molar-refractivity contribution < 1.29 is 9.90 Å². The first-order valence-electron chi connectivity index (χ1n) is 5.21. The number of aryl methyl sites for hydroxylation is 1. The summed E-state index contributed by atoms with van der Waals surface area (Å²) < 4.78 is 1.65. The maximum absolute atomic E-state index is 10.6. The van der Waals surface area contributed by atoms with Gasteiger partial charge in [0.25, 0.3) is 0 Å². The Morgan fingerprint density at radius 3 is 2.58 bits per heavy atom. The summed E-state index contributed by atoms with van der Waals surface area (Å²) in [6.45, 7) is 1.75. The van der Waals surface area contributed by atoms with Crippen LogP contribution in [-0.2, 0) is 4.79 Å². The van der Waals surface area contributed by atoms with Gasteiger partial charge in [-0.25, -0.2) is 0 Å². The molecular weight excluding hydrogens is 309 g/mol. The molecule has 19 heavy (non-hydrogen) atoms. The molecule has 0 aliphatic rings. The molecule has 1 N–H and O–H groups in total. The molecule has 1 heterocycles. The smallest absolute Gasteiger partial charge is 0.313 e. The van der Waals surface area contributed by atoms with Gasteiger partial charge in [0.05, 0.1) is 21.5 Å². The lowest BCUT2D eigenvalue weighted by Crippen LogP contribution is -2.04. The topological polar surface area (TPSA) is 68.0 Å². The molecule has 0 atom stereocenters. The van der Waals surface area contributed by atoms with E-state index in [4.69, 9.17) is 28.3 Å². The number of hydrogen-bond acceptors (Lipinski definition) is 4. The summed E-state index contributed by atoms with van der Waals surface area (Å²) in [6.07, 6.45) is 0. The number of para-hydroxylation sites is 1. The van der Waals surface area contributed by atoms with Gasteiger partial charge in [-0.05, 0) is 19.1 Å². The Morgan fingerprint density at radius 2 is 2.00 bits per heavy atom. The molecule has 8 heteroatoms. The van der Waals surface area contributed by atoms with Crippen LogP contribution in [0, 0.1) is 6.92 Å². The number of aliphatic carboxylic acids is 1. The van der Waals surface area contributed by atoms with E-state index in [2.05, 4.69) is 10.2 Å². The van der Waals surface area contributed by atoms with Gasteiger partial charge in [-0.3, -0.25) is 9.36 Å². The number of halogens is 2. The maximum Gasteiger partial charge on any atom is 0.313 e. The molecular formula is C11H9Cl2N3O2S. The van der Waals surface area contributed by atoms with Crippen molar-refractivity contribution in [3.63, 3.8) is 0 Å². The Morgan fingerprint density at radius 1 is 1.37 bits per heavy atom. The molecule has 0 aliphatic heterocycles. The molecule has 0 spiro atoms. The van der Waals surface area contributed by atoms with Crippen LogP contribution in [0.4, 0.5) is 0 Å². The van der Waals surface area contributed by atoms with Crippen LogP contribution in [-0.4, -0.2) is 31.6 Å². The van der Waals surface area contributed by atoms with Crippen LogP contribution in [0.5, 0.6) is 0 Å². The van der Waals surface area contributed by atoms with Crippen molar-refractivity contribution >= 4 is 40.9 Å². The highest BCUT2D eigenvalue weighted by molar-refractivity contribution is 7.99. The van der Waals surface area contributed by atoms with Crippen LogP contribution in [0.15, 0.2) is 23.4 Å². The molecule has 0 saturated heterocycles. The monoisotopic (exact) mass is 317 g/mol. The molecule has 0 fully saturated rings. The lowest BCUT2D eigenvalue weighted by molar-refractivity contribution is -0.133. The lowest BCUT2D eigenvalue weighted by Gasteiger charge is -2.11. The van der Waals surface area contributed by atoms with Crippen molar-refractivity contribution in [1.82, 2.24) is 14.8 Å². The predicted octanol–water partition coefficient (Wildman–Crippen LogP) is 3.06. The van der Waals surface area contributed by atoms with Crippen molar-refractivity contribution in [3.05, 3.63) is 34.1 Å². The van der Waals surface area contributed by atoms with Gasteiger partial charge in [-0.2, -0.15) is 0 Å². The van der Waals surface area contributed by atoms with Crippen molar-refractivity contribution in [1.29, 1.82) is 0 Å². The first-order chi connectivity index (χ1) is 9.00. The van der Waals surface area contributed by atoms with E-state index in [9.17, 15) is 4.79 Å². The van der Waals surface area contributed by atoms with Gasteiger partial charge in [0.1, 0.15) is 5.82 Å². The predicted molar refractivity (Wildman–Crippen MR) is 74.5 cm³/mol.